The Bertz CT molecular complexity index is 162. The van der Waals surface area contributed by atoms with Gasteiger partial charge in [-0.2, -0.15) is 0 Å². The number of ether oxygens (including phenoxy) is 1. The summed E-state index contributed by atoms with van der Waals surface area (Å²) in [5, 5.41) is 28.4. The topological polar surface area (TPSA) is 69.9 Å². The van der Waals surface area contributed by atoms with E-state index in [1.165, 1.54) is 0 Å². The van der Waals surface area contributed by atoms with Gasteiger partial charge < -0.3 is 20.1 Å². The minimum Gasteiger partial charge on any atom is -0.390 e. The molecule has 1 aliphatic heterocycles. The number of rotatable bonds is 3. The number of aliphatic hydroxyl groups excluding tert-OH is 3. The molecular weight excluding hydrogens is 172 g/mol. The molecule has 0 saturated carbocycles. The number of hydrogen-bond donors (Lipinski definition) is 3. The second-order valence-electron chi connectivity index (χ2n) is 3.64. The van der Waals surface area contributed by atoms with Crippen molar-refractivity contribution in [2.24, 2.45) is 0 Å². The first-order chi connectivity index (χ1) is 6.07. The van der Waals surface area contributed by atoms with Crippen LogP contribution in [0.3, 0.4) is 0 Å². The van der Waals surface area contributed by atoms with Crippen LogP contribution in [0.1, 0.15) is 26.7 Å². The Morgan fingerprint density at radius 2 is 1.92 bits per heavy atom. The minimum atomic E-state index is -0.962. The lowest BCUT2D eigenvalue weighted by Crippen LogP contribution is -2.38. The molecule has 5 unspecified atom stereocenters. The molecule has 3 N–H and O–H groups in total. The summed E-state index contributed by atoms with van der Waals surface area (Å²) in [6.07, 6.45) is -2.14. The Morgan fingerprint density at radius 1 is 1.31 bits per heavy atom. The van der Waals surface area contributed by atoms with Gasteiger partial charge in [-0.05, 0) is 13.3 Å². The van der Waals surface area contributed by atoms with Gasteiger partial charge in [0.2, 0.25) is 0 Å². The molecule has 0 aromatic rings. The lowest BCUT2D eigenvalue weighted by Gasteiger charge is -2.20. The van der Waals surface area contributed by atoms with Crippen LogP contribution >= 0.6 is 0 Å². The molecule has 5 atom stereocenters. The highest BCUT2D eigenvalue weighted by Gasteiger charge is 2.43. The van der Waals surface area contributed by atoms with Gasteiger partial charge in [0.05, 0.1) is 12.2 Å². The van der Waals surface area contributed by atoms with Crippen molar-refractivity contribution in [3.8, 4) is 0 Å². The molecule has 78 valence electrons. The molecule has 0 spiro atoms. The highest BCUT2D eigenvalue weighted by molar-refractivity contribution is 4.91. The Hall–Kier alpha value is -0.160. The zero-order valence-electron chi connectivity index (χ0n) is 8.05. The average Bonchev–Trinajstić information content (AvgIpc) is 2.33. The van der Waals surface area contributed by atoms with Gasteiger partial charge in [-0.15, -0.1) is 0 Å². The van der Waals surface area contributed by atoms with Crippen molar-refractivity contribution in [1.82, 2.24) is 0 Å². The Kier molecular flexibility index (Phi) is 3.67. The molecule has 1 fully saturated rings. The van der Waals surface area contributed by atoms with Crippen molar-refractivity contribution < 1.29 is 20.1 Å². The third-order valence-electron chi connectivity index (χ3n) is 2.50. The van der Waals surface area contributed by atoms with E-state index < -0.39 is 30.5 Å². The maximum absolute atomic E-state index is 9.56. The van der Waals surface area contributed by atoms with Crippen LogP contribution in [0.4, 0.5) is 0 Å². The fourth-order valence-electron chi connectivity index (χ4n) is 1.66. The molecule has 0 amide bonds. The summed E-state index contributed by atoms with van der Waals surface area (Å²) < 4.78 is 5.25. The van der Waals surface area contributed by atoms with Crippen LogP contribution in [0.2, 0.25) is 0 Å². The molecule has 0 aromatic heterocycles. The number of hydrogen-bond acceptors (Lipinski definition) is 4. The normalized spacial score (nSPS) is 42.2. The first-order valence-corrected chi connectivity index (χ1v) is 4.77. The molecular formula is C9H18O4. The van der Waals surface area contributed by atoms with Gasteiger partial charge in [-0.1, -0.05) is 13.3 Å². The summed E-state index contributed by atoms with van der Waals surface area (Å²) in [4.78, 5) is 0. The Morgan fingerprint density at radius 3 is 2.31 bits per heavy atom. The van der Waals surface area contributed by atoms with Gasteiger partial charge in [0.25, 0.3) is 0 Å². The standard InChI is InChI=1S/C9H18O4/c1-3-4-6(10)9-8(12)7(11)5(2)13-9/h5-12H,3-4H2,1-2H3. The highest BCUT2D eigenvalue weighted by Crippen LogP contribution is 2.24. The molecule has 13 heavy (non-hydrogen) atoms. The second-order valence-corrected chi connectivity index (χ2v) is 3.64. The first-order valence-electron chi connectivity index (χ1n) is 4.77. The fourth-order valence-corrected chi connectivity index (χ4v) is 1.66. The van der Waals surface area contributed by atoms with Crippen LogP contribution in [0, 0.1) is 0 Å². The summed E-state index contributed by atoms with van der Waals surface area (Å²) in [5.74, 6) is 0. The molecule has 4 nitrogen and oxygen atoms in total. The van der Waals surface area contributed by atoms with Crippen molar-refractivity contribution in [2.45, 2.75) is 57.2 Å². The summed E-state index contributed by atoms with van der Waals surface area (Å²) >= 11 is 0. The van der Waals surface area contributed by atoms with Gasteiger partial charge >= 0.3 is 0 Å². The quantitative estimate of drug-likeness (QED) is 0.569. The summed E-state index contributed by atoms with van der Waals surface area (Å²) in [5.41, 5.74) is 0. The molecule has 1 heterocycles. The van der Waals surface area contributed by atoms with Gasteiger partial charge in [0.15, 0.2) is 0 Å². The molecule has 4 heteroatoms. The lowest BCUT2D eigenvalue weighted by atomic mass is 10.0. The van der Waals surface area contributed by atoms with Crippen molar-refractivity contribution in [3.05, 3.63) is 0 Å². The van der Waals surface area contributed by atoms with Crippen LogP contribution in [0.15, 0.2) is 0 Å². The molecule has 0 bridgehead atoms. The van der Waals surface area contributed by atoms with Gasteiger partial charge in [0.1, 0.15) is 18.3 Å². The zero-order valence-corrected chi connectivity index (χ0v) is 8.05. The van der Waals surface area contributed by atoms with Crippen LogP contribution in [0.25, 0.3) is 0 Å². The van der Waals surface area contributed by atoms with Gasteiger partial charge in [-0.25, -0.2) is 0 Å². The van der Waals surface area contributed by atoms with Gasteiger partial charge in [0, 0.05) is 0 Å². The van der Waals surface area contributed by atoms with Crippen molar-refractivity contribution in [1.29, 1.82) is 0 Å². The average molecular weight is 190 g/mol. The predicted octanol–water partition coefficient (Wildman–Crippen LogP) is -0.343. The Balaban J connectivity index is 2.52. The fraction of sp³-hybridized carbons (Fsp3) is 1.00. The summed E-state index contributed by atoms with van der Waals surface area (Å²) in [6, 6.07) is 0. The van der Waals surface area contributed by atoms with Crippen LogP contribution in [0.5, 0.6) is 0 Å². The third-order valence-corrected chi connectivity index (χ3v) is 2.50. The van der Waals surface area contributed by atoms with E-state index in [1.807, 2.05) is 6.92 Å². The van der Waals surface area contributed by atoms with Crippen LogP contribution in [-0.4, -0.2) is 45.8 Å². The molecule has 0 aliphatic carbocycles. The van der Waals surface area contributed by atoms with Crippen molar-refractivity contribution >= 4 is 0 Å². The largest absolute Gasteiger partial charge is 0.390 e. The predicted molar refractivity (Wildman–Crippen MR) is 47.3 cm³/mol. The van der Waals surface area contributed by atoms with Crippen molar-refractivity contribution in [2.75, 3.05) is 0 Å². The third kappa shape index (κ3) is 2.20. The van der Waals surface area contributed by atoms with Crippen LogP contribution in [-0.2, 0) is 4.74 Å². The second kappa shape index (κ2) is 4.37. The van der Waals surface area contributed by atoms with Gasteiger partial charge in [-0.3, -0.25) is 0 Å². The lowest BCUT2D eigenvalue weighted by molar-refractivity contribution is -0.0645. The van der Waals surface area contributed by atoms with E-state index in [-0.39, 0.29) is 0 Å². The SMILES string of the molecule is CCCC(O)C1OC(C)C(O)C1O. The molecule has 1 aliphatic rings. The monoisotopic (exact) mass is 190 g/mol. The van der Waals surface area contributed by atoms with E-state index in [1.54, 1.807) is 6.92 Å². The van der Waals surface area contributed by atoms with E-state index in [4.69, 9.17) is 4.74 Å². The smallest absolute Gasteiger partial charge is 0.112 e. The summed E-state index contributed by atoms with van der Waals surface area (Å²) in [7, 11) is 0. The minimum absolute atomic E-state index is 0.397. The zero-order chi connectivity index (χ0) is 10.0. The van der Waals surface area contributed by atoms with E-state index in [0.29, 0.717) is 6.42 Å². The summed E-state index contributed by atoms with van der Waals surface area (Å²) in [6.45, 7) is 3.64. The highest BCUT2D eigenvalue weighted by atomic mass is 16.6. The first kappa shape index (κ1) is 10.9. The Labute approximate surface area is 78.1 Å². The molecule has 1 rings (SSSR count). The maximum atomic E-state index is 9.56. The molecule has 0 aromatic carbocycles. The molecule has 1 saturated heterocycles. The van der Waals surface area contributed by atoms with E-state index in [9.17, 15) is 15.3 Å². The van der Waals surface area contributed by atoms with Crippen molar-refractivity contribution in [3.63, 3.8) is 0 Å². The van der Waals surface area contributed by atoms with Crippen LogP contribution < -0.4 is 0 Å². The molecule has 0 radical (unpaired) electrons. The van der Waals surface area contributed by atoms with E-state index >= 15 is 0 Å². The van der Waals surface area contributed by atoms with E-state index in [0.717, 1.165) is 6.42 Å². The number of aliphatic hydroxyl groups is 3. The van der Waals surface area contributed by atoms with E-state index in [2.05, 4.69) is 0 Å². The maximum Gasteiger partial charge on any atom is 0.112 e.